The van der Waals surface area contributed by atoms with Crippen LogP contribution in [-0.4, -0.2) is 47.5 Å². The van der Waals surface area contributed by atoms with Crippen LogP contribution in [0.2, 0.25) is 6.04 Å². The van der Waals surface area contributed by atoms with Gasteiger partial charge >= 0.3 is 8.80 Å². The van der Waals surface area contributed by atoms with Crippen molar-refractivity contribution in [2.24, 2.45) is 5.73 Å². The van der Waals surface area contributed by atoms with Crippen LogP contribution in [0, 0.1) is 0 Å². The van der Waals surface area contributed by atoms with Crippen LogP contribution < -0.4 is 11.1 Å². The van der Waals surface area contributed by atoms with Crippen molar-refractivity contribution < 1.29 is 13.6 Å². The third-order valence-corrected chi connectivity index (χ3v) is 4.07. The van der Waals surface area contributed by atoms with E-state index < -0.39 is 8.80 Å². The highest BCUT2D eigenvalue weighted by molar-refractivity contribution is 6.59. The maximum atomic E-state index is 9.63. The minimum atomic E-state index is -2.83. The summed E-state index contributed by atoms with van der Waals surface area (Å²) in [7, 11) is 0.122. The van der Waals surface area contributed by atoms with Gasteiger partial charge in [-0.05, 0) is 13.0 Å². The molecule has 0 saturated heterocycles. The van der Waals surface area contributed by atoms with Crippen LogP contribution in [0.4, 0.5) is 0 Å². The Balaban J connectivity index is 3.39. The van der Waals surface area contributed by atoms with E-state index in [9.17, 15) is 4.80 Å². The molecule has 0 bridgehead atoms. The van der Waals surface area contributed by atoms with E-state index >= 15 is 0 Å². The molecule has 0 heterocycles. The summed E-state index contributed by atoms with van der Waals surface area (Å²) in [5, 5.41) is 3.13. The van der Waals surface area contributed by atoms with Gasteiger partial charge in [0, 0.05) is 33.4 Å². The van der Waals surface area contributed by atoms with Gasteiger partial charge in [0.2, 0.25) is 0 Å². The van der Waals surface area contributed by atoms with Gasteiger partial charge in [-0.3, -0.25) is 0 Å². The fourth-order valence-electron chi connectivity index (χ4n) is 0.951. The first-order valence-corrected chi connectivity index (χ1v) is 6.39. The van der Waals surface area contributed by atoms with Crippen molar-refractivity contribution in [3.63, 3.8) is 0 Å². The zero-order valence-corrected chi connectivity index (χ0v) is 9.38. The van der Waals surface area contributed by atoms with Crippen molar-refractivity contribution in [2.75, 3.05) is 33.9 Å². The summed E-state index contributed by atoms with van der Waals surface area (Å²) in [5.41, 5.74) is 5.30. The highest BCUT2D eigenvalue weighted by atomic mass is 28.4. The predicted molar refractivity (Wildman–Crippen MR) is 53.3 cm³/mol. The first-order valence-electron chi connectivity index (χ1n) is 4.42. The van der Waals surface area contributed by atoms with Crippen LogP contribution in [0.5, 0.6) is 0 Å². The molecule has 80 valence electrons. The summed E-state index contributed by atoms with van der Waals surface area (Å²) in [5.74, 6) is 0. The summed E-state index contributed by atoms with van der Waals surface area (Å²) >= 11 is 0. The molecule has 0 amide bonds. The minimum absolute atomic E-state index is 0.581. The highest BCUT2D eigenvalue weighted by Gasteiger charge is 2.33. The molecule has 0 aliphatic rings. The third kappa shape index (κ3) is 6.14. The van der Waals surface area contributed by atoms with E-state index in [2.05, 4.69) is 5.32 Å². The van der Waals surface area contributed by atoms with Gasteiger partial charge in [-0.15, -0.1) is 0 Å². The lowest BCUT2D eigenvalue weighted by molar-refractivity contribution is 0.150. The maximum absolute atomic E-state index is 9.63. The van der Waals surface area contributed by atoms with Gasteiger partial charge < -0.3 is 24.7 Å². The SMILES string of the molecule is CO[Si](O)(CCCNCCN)OC. The van der Waals surface area contributed by atoms with Gasteiger partial charge in [-0.2, -0.15) is 0 Å². The minimum Gasteiger partial charge on any atom is -0.390 e. The zero-order valence-electron chi connectivity index (χ0n) is 8.38. The van der Waals surface area contributed by atoms with Crippen molar-refractivity contribution in [1.29, 1.82) is 0 Å². The molecular formula is C7H20N2O3Si. The number of hydrogen-bond acceptors (Lipinski definition) is 5. The molecule has 0 atom stereocenters. The molecule has 0 aromatic rings. The fraction of sp³-hybridized carbons (Fsp3) is 1.00. The smallest absolute Gasteiger partial charge is 0.390 e. The van der Waals surface area contributed by atoms with Crippen LogP contribution in [-0.2, 0) is 8.85 Å². The molecule has 0 rings (SSSR count). The summed E-state index contributed by atoms with van der Waals surface area (Å²) < 4.78 is 9.83. The summed E-state index contributed by atoms with van der Waals surface area (Å²) in [6, 6.07) is 0.581. The number of rotatable bonds is 8. The molecule has 0 unspecified atom stereocenters. The average Bonchev–Trinajstić information content (AvgIpc) is 2.17. The second-order valence-electron chi connectivity index (χ2n) is 2.76. The molecule has 0 saturated carbocycles. The van der Waals surface area contributed by atoms with Crippen LogP contribution in [0.25, 0.3) is 0 Å². The molecule has 5 nitrogen and oxygen atoms in total. The summed E-state index contributed by atoms with van der Waals surface area (Å²) in [4.78, 5) is 9.63. The lowest BCUT2D eigenvalue weighted by Gasteiger charge is -2.19. The zero-order chi connectivity index (χ0) is 10.2. The first-order chi connectivity index (χ1) is 6.18. The van der Waals surface area contributed by atoms with Crippen molar-refractivity contribution in [2.45, 2.75) is 12.5 Å². The van der Waals surface area contributed by atoms with Crippen molar-refractivity contribution in [3.8, 4) is 0 Å². The lowest BCUT2D eigenvalue weighted by Crippen LogP contribution is -2.40. The summed E-state index contributed by atoms with van der Waals surface area (Å²) in [6.07, 6.45) is 0.838. The Morgan fingerprint density at radius 1 is 1.31 bits per heavy atom. The van der Waals surface area contributed by atoms with Gasteiger partial charge in [0.05, 0.1) is 0 Å². The average molecular weight is 208 g/mol. The molecule has 0 aromatic carbocycles. The fourth-order valence-corrected chi connectivity index (χ4v) is 2.15. The predicted octanol–water partition coefficient (Wildman–Crippen LogP) is -0.851. The molecule has 13 heavy (non-hydrogen) atoms. The Morgan fingerprint density at radius 3 is 2.38 bits per heavy atom. The molecule has 6 heteroatoms. The molecule has 0 fully saturated rings. The Hall–Kier alpha value is 0.0169. The van der Waals surface area contributed by atoms with Crippen LogP contribution >= 0.6 is 0 Å². The molecule has 4 N–H and O–H groups in total. The highest BCUT2D eigenvalue weighted by Crippen LogP contribution is 2.09. The Kier molecular flexibility index (Phi) is 7.43. The monoisotopic (exact) mass is 208 g/mol. The van der Waals surface area contributed by atoms with E-state index in [1.807, 2.05) is 0 Å². The Morgan fingerprint density at radius 2 is 1.92 bits per heavy atom. The quantitative estimate of drug-likeness (QED) is 0.358. The normalized spacial score (nSPS) is 12.0. The standard InChI is InChI=1S/C7H20N2O3Si/c1-11-13(10,12-2)7-3-5-9-6-4-8/h9-10H,3-8H2,1-2H3. The van der Waals surface area contributed by atoms with Crippen LogP contribution in [0.1, 0.15) is 6.42 Å². The van der Waals surface area contributed by atoms with Crippen molar-refractivity contribution in [1.82, 2.24) is 5.32 Å². The van der Waals surface area contributed by atoms with Gasteiger partial charge in [-0.25, -0.2) is 0 Å². The number of nitrogens with two attached hydrogens (primary N) is 1. The van der Waals surface area contributed by atoms with E-state index in [-0.39, 0.29) is 0 Å². The van der Waals surface area contributed by atoms with Crippen molar-refractivity contribution >= 4 is 8.80 Å². The molecule has 0 aliphatic carbocycles. The van der Waals surface area contributed by atoms with Crippen LogP contribution in [0.15, 0.2) is 0 Å². The number of hydrogen-bond donors (Lipinski definition) is 3. The Labute approximate surface area is 80.6 Å². The van der Waals surface area contributed by atoms with Crippen molar-refractivity contribution in [3.05, 3.63) is 0 Å². The molecule has 0 aliphatic heterocycles. The van der Waals surface area contributed by atoms with E-state index in [1.54, 1.807) is 0 Å². The Bertz CT molecular complexity index is 122. The number of nitrogens with one attached hydrogen (secondary N) is 1. The molecule has 0 aromatic heterocycles. The molecule has 0 radical (unpaired) electrons. The van der Waals surface area contributed by atoms with Gasteiger partial charge in [-0.1, -0.05) is 0 Å². The largest absolute Gasteiger partial charge is 0.497 e. The first kappa shape index (κ1) is 13.0. The topological polar surface area (TPSA) is 76.7 Å². The van der Waals surface area contributed by atoms with E-state index in [1.165, 1.54) is 14.2 Å². The van der Waals surface area contributed by atoms with E-state index in [4.69, 9.17) is 14.6 Å². The maximum Gasteiger partial charge on any atom is 0.497 e. The van der Waals surface area contributed by atoms with E-state index in [0.717, 1.165) is 19.5 Å². The van der Waals surface area contributed by atoms with E-state index in [0.29, 0.717) is 12.6 Å². The molecular weight excluding hydrogens is 188 g/mol. The van der Waals surface area contributed by atoms with Gasteiger partial charge in [0.1, 0.15) is 0 Å². The molecule has 0 spiro atoms. The van der Waals surface area contributed by atoms with Crippen LogP contribution in [0.3, 0.4) is 0 Å². The second-order valence-corrected chi connectivity index (χ2v) is 5.51. The van der Waals surface area contributed by atoms with Gasteiger partial charge in [0.25, 0.3) is 0 Å². The summed E-state index contributed by atoms with van der Waals surface area (Å²) in [6.45, 7) is 2.27. The third-order valence-electron chi connectivity index (χ3n) is 1.81. The lowest BCUT2D eigenvalue weighted by atomic mass is 10.5. The second kappa shape index (κ2) is 7.42. The van der Waals surface area contributed by atoms with Gasteiger partial charge in [0.15, 0.2) is 0 Å².